The van der Waals surface area contributed by atoms with Gasteiger partial charge in [0.05, 0.1) is 17.2 Å². The fourth-order valence-corrected chi connectivity index (χ4v) is 2.62. The third-order valence-corrected chi connectivity index (χ3v) is 3.59. The molecule has 0 bridgehead atoms. The van der Waals surface area contributed by atoms with Crippen molar-refractivity contribution in [3.63, 3.8) is 0 Å². The molecule has 0 aromatic carbocycles. The van der Waals surface area contributed by atoms with E-state index in [1.54, 1.807) is 11.3 Å². The van der Waals surface area contributed by atoms with Crippen molar-refractivity contribution in [2.45, 2.75) is 25.8 Å². The van der Waals surface area contributed by atoms with Gasteiger partial charge in [-0.05, 0) is 24.5 Å². The van der Waals surface area contributed by atoms with Crippen molar-refractivity contribution in [1.82, 2.24) is 19.9 Å². The second-order valence-electron chi connectivity index (χ2n) is 3.51. The minimum Gasteiger partial charge on any atom is -0.308 e. The minimum atomic E-state index is 0.263. The van der Waals surface area contributed by atoms with Crippen LogP contribution in [0.4, 0.5) is 0 Å². The smallest absolute Gasteiger partial charge is 0.0928 e. The lowest BCUT2D eigenvalue weighted by atomic mass is 10.1. The van der Waals surface area contributed by atoms with Crippen LogP contribution in [0.2, 0.25) is 0 Å². The van der Waals surface area contributed by atoms with Gasteiger partial charge in [-0.25, -0.2) is 0 Å². The van der Waals surface area contributed by atoms with Crippen LogP contribution in [-0.4, -0.2) is 21.1 Å². The van der Waals surface area contributed by atoms with Gasteiger partial charge in [-0.15, -0.1) is 16.4 Å². The predicted octanol–water partition coefficient (Wildman–Crippen LogP) is 2.28. The molecule has 2 rings (SSSR count). The number of hydrogen-bond acceptors (Lipinski definition) is 6. The maximum atomic E-state index is 4.14. The molecule has 1 unspecified atom stereocenters. The number of hydrogen-bond donors (Lipinski definition) is 1. The summed E-state index contributed by atoms with van der Waals surface area (Å²) >= 11 is 3.09. The van der Waals surface area contributed by atoms with Crippen molar-refractivity contribution in [3.8, 4) is 0 Å². The Kier molecular flexibility index (Phi) is 4.38. The van der Waals surface area contributed by atoms with Gasteiger partial charge in [0.2, 0.25) is 0 Å². The molecule has 4 nitrogen and oxygen atoms in total. The Morgan fingerprint density at radius 2 is 2.44 bits per heavy atom. The Labute approximate surface area is 103 Å². The zero-order valence-corrected chi connectivity index (χ0v) is 10.7. The topological polar surface area (TPSA) is 50.7 Å². The molecule has 0 saturated carbocycles. The summed E-state index contributed by atoms with van der Waals surface area (Å²) in [6.07, 6.45) is 3.98. The van der Waals surface area contributed by atoms with E-state index < -0.39 is 0 Å². The summed E-state index contributed by atoms with van der Waals surface area (Å²) in [5.41, 5.74) is 2.90. The standard InChI is InChI=1S/C10H14N4S2/c1-2-3-12-9(10-6-16-14-13-10)4-8-5-11-7-15-8/h5-7,9,12H,2-4H2,1H3. The van der Waals surface area contributed by atoms with Crippen molar-refractivity contribution in [2.24, 2.45) is 0 Å². The average molecular weight is 254 g/mol. The lowest BCUT2D eigenvalue weighted by Crippen LogP contribution is -2.24. The van der Waals surface area contributed by atoms with E-state index in [0.29, 0.717) is 0 Å². The Hall–Kier alpha value is -0.850. The highest BCUT2D eigenvalue weighted by atomic mass is 32.1. The van der Waals surface area contributed by atoms with Crippen LogP contribution >= 0.6 is 22.9 Å². The Morgan fingerprint density at radius 1 is 1.50 bits per heavy atom. The summed E-state index contributed by atoms with van der Waals surface area (Å²) in [5, 5.41) is 9.64. The Bertz CT molecular complexity index is 385. The quantitative estimate of drug-likeness (QED) is 0.859. The summed E-state index contributed by atoms with van der Waals surface area (Å²) in [6, 6.07) is 0.263. The van der Waals surface area contributed by atoms with E-state index in [9.17, 15) is 0 Å². The molecular formula is C10H14N4S2. The molecule has 1 atom stereocenters. The first-order chi connectivity index (χ1) is 7.90. The predicted molar refractivity (Wildman–Crippen MR) is 66.8 cm³/mol. The van der Waals surface area contributed by atoms with Gasteiger partial charge in [0.1, 0.15) is 0 Å². The molecule has 2 aromatic rings. The van der Waals surface area contributed by atoms with Crippen LogP contribution in [0.1, 0.15) is 30.0 Å². The maximum absolute atomic E-state index is 4.14. The van der Waals surface area contributed by atoms with Gasteiger partial charge in [0.15, 0.2) is 0 Å². The van der Waals surface area contributed by atoms with Crippen LogP contribution in [0.3, 0.4) is 0 Å². The van der Waals surface area contributed by atoms with E-state index in [0.717, 1.165) is 25.1 Å². The molecular weight excluding hydrogens is 240 g/mol. The third kappa shape index (κ3) is 3.07. The van der Waals surface area contributed by atoms with Gasteiger partial charge in [-0.1, -0.05) is 11.4 Å². The first-order valence-electron chi connectivity index (χ1n) is 5.28. The fourth-order valence-electron chi connectivity index (χ4n) is 1.47. The highest BCUT2D eigenvalue weighted by molar-refractivity contribution is 7.09. The van der Waals surface area contributed by atoms with Crippen LogP contribution in [0.5, 0.6) is 0 Å². The van der Waals surface area contributed by atoms with E-state index in [1.807, 2.05) is 17.1 Å². The molecule has 0 aliphatic rings. The summed E-state index contributed by atoms with van der Waals surface area (Å²) in [4.78, 5) is 5.37. The highest BCUT2D eigenvalue weighted by Gasteiger charge is 2.14. The molecule has 86 valence electrons. The molecule has 1 N–H and O–H groups in total. The first-order valence-corrected chi connectivity index (χ1v) is 6.99. The van der Waals surface area contributed by atoms with Crippen LogP contribution in [0.15, 0.2) is 17.1 Å². The SMILES string of the molecule is CCCNC(Cc1cncs1)c1csnn1. The molecule has 6 heteroatoms. The molecule has 2 heterocycles. The average Bonchev–Trinajstić information content (AvgIpc) is 2.96. The minimum absolute atomic E-state index is 0.263. The number of rotatable bonds is 6. The second-order valence-corrected chi connectivity index (χ2v) is 5.09. The number of nitrogens with zero attached hydrogens (tertiary/aromatic N) is 3. The summed E-state index contributed by atoms with van der Waals surface area (Å²) in [7, 11) is 0. The summed E-state index contributed by atoms with van der Waals surface area (Å²) in [6.45, 7) is 3.16. The van der Waals surface area contributed by atoms with Crippen LogP contribution in [0.25, 0.3) is 0 Å². The van der Waals surface area contributed by atoms with E-state index in [1.165, 1.54) is 16.4 Å². The third-order valence-electron chi connectivity index (χ3n) is 2.26. The van der Waals surface area contributed by atoms with Crippen LogP contribution in [-0.2, 0) is 6.42 Å². The normalized spacial score (nSPS) is 12.8. The van der Waals surface area contributed by atoms with Crippen LogP contribution in [0, 0.1) is 0 Å². The number of nitrogens with one attached hydrogen (secondary N) is 1. The van der Waals surface area contributed by atoms with E-state index >= 15 is 0 Å². The van der Waals surface area contributed by atoms with Crippen molar-refractivity contribution in [3.05, 3.63) is 27.7 Å². The molecule has 0 amide bonds. The van der Waals surface area contributed by atoms with Gasteiger partial charge in [-0.2, -0.15) is 0 Å². The van der Waals surface area contributed by atoms with Crippen LogP contribution < -0.4 is 5.32 Å². The number of aromatic nitrogens is 3. The van der Waals surface area contributed by atoms with Gasteiger partial charge in [0, 0.05) is 22.9 Å². The molecule has 0 fully saturated rings. The largest absolute Gasteiger partial charge is 0.308 e. The Morgan fingerprint density at radius 3 is 3.06 bits per heavy atom. The molecule has 0 aliphatic heterocycles. The zero-order valence-electron chi connectivity index (χ0n) is 9.09. The van der Waals surface area contributed by atoms with E-state index in [2.05, 4.69) is 26.8 Å². The second kappa shape index (κ2) is 6.03. The van der Waals surface area contributed by atoms with Gasteiger partial charge in [-0.3, -0.25) is 4.98 Å². The summed E-state index contributed by atoms with van der Waals surface area (Å²) < 4.78 is 3.92. The molecule has 0 saturated heterocycles. The lowest BCUT2D eigenvalue weighted by molar-refractivity contribution is 0.519. The molecule has 2 aromatic heterocycles. The van der Waals surface area contributed by atoms with Gasteiger partial charge < -0.3 is 5.32 Å². The molecule has 0 aliphatic carbocycles. The van der Waals surface area contributed by atoms with Crippen molar-refractivity contribution in [1.29, 1.82) is 0 Å². The summed E-state index contributed by atoms with van der Waals surface area (Å²) in [5.74, 6) is 0. The number of thiazole rings is 1. The highest BCUT2D eigenvalue weighted by Crippen LogP contribution is 2.19. The van der Waals surface area contributed by atoms with Gasteiger partial charge in [0.25, 0.3) is 0 Å². The zero-order chi connectivity index (χ0) is 11.2. The fraction of sp³-hybridized carbons (Fsp3) is 0.500. The van der Waals surface area contributed by atoms with Gasteiger partial charge >= 0.3 is 0 Å². The van der Waals surface area contributed by atoms with Crippen molar-refractivity contribution >= 4 is 22.9 Å². The Balaban J connectivity index is 2.03. The van der Waals surface area contributed by atoms with Crippen molar-refractivity contribution in [2.75, 3.05) is 6.54 Å². The van der Waals surface area contributed by atoms with E-state index in [4.69, 9.17) is 0 Å². The molecule has 16 heavy (non-hydrogen) atoms. The monoisotopic (exact) mass is 254 g/mol. The molecule has 0 radical (unpaired) electrons. The first kappa shape index (κ1) is 11.6. The van der Waals surface area contributed by atoms with Crippen molar-refractivity contribution < 1.29 is 0 Å². The maximum Gasteiger partial charge on any atom is 0.0928 e. The lowest BCUT2D eigenvalue weighted by Gasteiger charge is -2.14. The van der Waals surface area contributed by atoms with E-state index in [-0.39, 0.29) is 6.04 Å². The molecule has 0 spiro atoms.